The predicted molar refractivity (Wildman–Crippen MR) is 55.7 cm³/mol. The molecule has 0 amide bonds. The molecule has 7 heteroatoms. The normalized spacial score (nSPS) is 16.3. The molecule has 0 spiro atoms. The highest BCUT2D eigenvalue weighted by Gasteiger charge is 2.51. The fourth-order valence-electron chi connectivity index (χ4n) is 1.35. The third-order valence-electron chi connectivity index (χ3n) is 2.49. The Morgan fingerprint density at radius 3 is 2.88 bits per heavy atom. The second-order valence-electron chi connectivity index (χ2n) is 3.77. The molecule has 0 aromatic carbocycles. The van der Waals surface area contributed by atoms with Crippen LogP contribution in [0.1, 0.15) is 30.3 Å². The monoisotopic (exact) mass is 240 g/mol. The lowest BCUT2D eigenvalue weighted by atomic mass is 10.3. The van der Waals surface area contributed by atoms with Gasteiger partial charge in [0.05, 0.1) is 6.61 Å². The summed E-state index contributed by atoms with van der Waals surface area (Å²) in [6, 6.07) is 0.0213. The molecule has 1 heterocycles. The van der Waals surface area contributed by atoms with Crippen molar-refractivity contribution in [2.24, 2.45) is 0 Å². The van der Waals surface area contributed by atoms with Gasteiger partial charge in [-0.2, -0.15) is 4.98 Å². The third-order valence-corrected chi connectivity index (χ3v) is 2.49. The van der Waals surface area contributed by atoms with E-state index in [1.807, 2.05) is 0 Å². The zero-order chi connectivity index (χ0) is 12.5. The lowest BCUT2D eigenvalue weighted by Gasteiger charge is -2.08. The van der Waals surface area contributed by atoms with Gasteiger partial charge in [0.25, 0.3) is 6.01 Å². The quantitative estimate of drug-likeness (QED) is 0.736. The van der Waals surface area contributed by atoms with Crippen LogP contribution < -0.4 is 5.32 Å². The van der Waals surface area contributed by atoms with Crippen molar-refractivity contribution in [1.82, 2.24) is 4.98 Å². The molecule has 2 N–H and O–H groups in total. The molecular formula is C10H12N2O5. The summed E-state index contributed by atoms with van der Waals surface area (Å²) in [6.07, 6.45) is 2.16. The minimum Gasteiger partial charge on any atom is -0.480 e. The number of hydrogen-bond donors (Lipinski definition) is 2. The summed E-state index contributed by atoms with van der Waals surface area (Å²) in [5, 5.41) is 11.6. The first-order valence-electron chi connectivity index (χ1n) is 5.21. The maximum atomic E-state index is 11.3. The van der Waals surface area contributed by atoms with Crippen molar-refractivity contribution < 1.29 is 23.8 Å². The minimum atomic E-state index is -0.989. The van der Waals surface area contributed by atoms with Gasteiger partial charge in [0.1, 0.15) is 11.8 Å². The van der Waals surface area contributed by atoms with E-state index >= 15 is 0 Å². The molecule has 1 fully saturated rings. The van der Waals surface area contributed by atoms with Crippen LogP contribution in [0.25, 0.3) is 0 Å². The van der Waals surface area contributed by atoms with Gasteiger partial charge in [-0.3, -0.25) is 0 Å². The minimum absolute atomic E-state index is 0.0213. The average Bonchev–Trinajstić information content (AvgIpc) is 2.90. The summed E-state index contributed by atoms with van der Waals surface area (Å²) in [6.45, 7) is 1.92. The predicted octanol–water partition coefficient (Wildman–Crippen LogP) is 0.880. The number of nitrogens with zero attached hydrogens (tertiary/aromatic N) is 1. The molecule has 1 saturated carbocycles. The first-order valence-corrected chi connectivity index (χ1v) is 5.21. The van der Waals surface area contributed by atoms with E-state index in [0.29, 0.717) is 12.8 Å². The van der Waals surface area contributed by atoms with E-state index in [-0.39, 0.29) is 18.3 Å². The fraction of sp³-hybridized carbons (Fsp3) is 0.500. The second kappa shape index (κ2) is 4.08. The van der Waals surface area contributed by atoms with Crippen LogP contribution in [0.15, 0.2) is 10.7 Å². The Hall–Kier alpha value is -2.05. The van der Waals surface area contributed by atoms with Gasteiger partial charge in [-0.25, -0.2) is 9.59 Å². The molecule has 2 rings (SSSR count). The van der Waals surface area contributed by atoms with Crippen molar-refractivity contribution in [2.45, 2.75) is 25.3 Å². The molecule has 1 aromatic heterocycles. The van der Waals surface area contributed by atoms with Crippen LogP contribution in [0.5, 0.6) is 0 Å². The van der Waals surface area contributed by atoms with Gasteiger partial charge >= 0.3 is 11.9 Å². The van der Waals surface area contributed by atoms with Crippen molar-refractivity contribution in [3.63, 3.8) is 0 Å². The summed E-state index contributed by atoms with van der Waals surface area (Å²) < 4.78 is 9.70. The van der Waals surface area contributed by atoms with Crippen LogP contribution >= 0.6 is 0 Å². The van der Waals surface area contributed by atoms with Crippen molar-refractivity contribution >= 4 is 18.0 Å². The average molecular weight is 240 g/mol. The highest BCUT2D eigenvalue weighted by Crippen LogP contribution is 2.38. The third kappa shape index (κ3) is 2.22. The maximum Gasteiger partial charge on any atom is 0.360 e. The molecule has 0 aliphatic heterocycles. The number of oxazole rings is 1. The summed E-state index contributed by atoms with van der Waals surface area (Å²) in [7, 11) is 0. The lowest BCUT2D eigenvalue weighted by molar-refractivity contribution is -0.139. The summed E-state index contributed by atoms with van der Waals surface area (Å²) in [5.41, 5.74) is -0.966. The standard InChI is InChI=1S/C10H12N2O5/c1-2-16-7(13)6-5-17-9(11-6)12-10(3-4-10)8(14)15/h5H,2-4H2,1H3,(H,11,12)(H,14,15). The Labute approximate surface area is 96.8 Å². The number of hydrogen-bond acceptors (Lipinski definition) is 6. The molecule has 0 radical (unpaired) electrons. The molecule has 0 saturated heterocycles. The Morgan fingerprint density at radius 2 is 2.35 bits per heavy atom. The highest BCUT2D eigenvalue weighted by atomic mass is 16.5. The Kier molecular flexibility index (Phi) is 2.74. The van der Waals surface area contributed by atoms with E-state index in [0.717, 1.165) is 6.26 Å². The number of carbonyl (C=O) groups excluding carboxylic acids is 1. The number of esters is 1. The molecule has 0 atom stereocenters. The van der Waals surface area contributed by atoms with E-state index in [4.69, 9.17) is 14.3 Å². The number of nitrogens with one attached hydrogen (secondary N) is 1. The van der Waals surface area contributed by atoms with Crippen molar-refractivity contribution in [1.29, 1.82) is 0 Å². The summed E-state index contributed by atoms with van der Waals surface area (Å²) in [5.74, 6) is -1.54. The van der Waals surface area contributed by atoms with Crippen LogP contribution in [0.4, 0.5) is 6.01 Å². The van der Waals surface area contributed by atoms with Gasteiger partial charge in [-0.15, -0.1) is 0 Å². The first kappa shape index (κ1) is 11.4. The molecule has 1 aromatic rings. The topological polar surface area (TPSA) is 102 Å². The summed E-state index contributed by atoms with van der Waals surface area (Å²) in [4.78, 5) is 26.0. The van der Waals surface area contributed by atoms with Gasteiger partial charge in [0.15, 0.2) is 5.69 Å². The maximum absolute atomic E-state index is 11.3. The molecule has 1 aliphatic carbocycles. The van der Waals surface area contributed by atoms with E-state index in [1.54, 1.807) is 6.92 Å². The molecule has 92 valence electrons. The zero-order valence-corrected chi connectivity index (χ0v) is 9.23. The number of carbonyl (C=O) groups is 2. The van der Waals surface area contributed by atoms with E-state index in [2.05, 4.69) is 10.3 Å². The van der Waals surface area contributed by atoms with Crippen molar-refractivity contribution in [3.05, 3.63) is 12.0 Å². The lowest BCUT2D eigenvalue weighted by Crippen LogP contribution is -2.31. The van der Waals surface area contributed by atoms with Crippen LogP contribution in [-0.2, 0) is 9.53 Å². The molecule has 17 heavy (non-hydrogen) atoms. The van der Waals surface area contributed by atoms with Gasteiger partial charge in [0.2, 0.25) is 0 Å². The Morgan fingerprint density at radius 1 is 1.65 bits per heavy atom. The molecule has 7 nitrogen and oxygen atoms in total. The van der Waals surface area contributed by atoms with E-state index < -0.39 is 17.5 Å². The molecule has 1 aliphatic rings. The highest BCUT2D eigenvalue weighted by molar-refractivity contribution is 5.88. The number of anilines is 1. The van der Waals surface area contributed by atoms with Crippen molar-refractivity contribution in [3.8, 4) is 0 Å². The second-order valence-corrected chi connectivity index (χ2v) is 3.77. The smallest absolute Gasteiger partial charge is 0.360 e. The number of rotatable bonds is 5. The van der Waals surface area contributed by atoms with Gasteiger partial charge in [-0.1, -0.05) is 0 Å². The Bertz CT molecular complexity index is 449. The molecule has 0 unspecified atom stereocenters. The Balaban J connectivity index is 2.04. The number of ether oxygens (including phenoxy) is 1. The van der Waals surface area contributed by atoms with E-state index in [1.165, 1.54) is 0 Å². The van der Waals surface area contributed by atoms with Crippen LogP contribution in [0.2, 0.25) is 0 Å². The number of aliphatic carboxylic acids is 1. The number of carboxylic acid groups (broad SMARTS) is 1. The van der Waals surface area contributed by atoms with Crippen molar-refractivity contribution in [2.75, 3.05) is 11.9 Å². The van der Waals surface area contributed by atoms with Gasteiger partial charge in [-0.05, 0) is 19.8 Å². The summed E-state index contributed by atoms with van der Waals surface area (Å²) >= 11 is 0. The first-order chi connectivity index (χ1) is 8.07. The van der Waals surface area contributed by atoms with Gasteiger partial charge < -0.3 is 19.6 Å². The van der Waals surface area contributed by atoms with Gasteiger partial charge in [0, 0.05) is 0 Å². The molecule has 0 bridgehead atoms. The zero-order valence-electron chi connectivity index (χ0n) is 9.23. The number of aromatic nitrogens is 1. The van der Waals surface area contributed by atoms with Crippen LogP contribution in [0, 0.1) is 0 Å². The fourth-order valence-corrected chi connectivity index (χ4v) is 1.35. The number of carboxylic acids is 1. The SMILES string of the molecule is CCOC(=O)c1coc(NC2(C(=O)O)CC2)n1. The molecular weight excluding hydrogens is 228 g/mol. The van der Waals surface area contributed by atoms with Crippen LogP contribution in [0.3, 0.4) is 0 Å². The largest absolute Gasteiger partial charge is 0.480 e. The van der Waals surface area contributed by atoms with Crippen LogP contribution in [-0.4, -0.2) is 34.2 Å². The van der Waals surface area contributed by atoms with E-state index in [9.17, 15) is 9.59 Å².